The van der Waals surface area contributed by atoms with Crippen LogP contribution < -0.4 is 10.4 Å². The number of carbonyl (C=O) groups is 1. The van der Waals surface area contributed by atoms with Crippen LogP contribution in [0.3, 0.4) is 0 Å². The molecule has 2 heterocycles. The molecule has 3 rings (SSSR count). The Kier molecular flexibility index (Phi) is 10.5. The third-order valence-electron chi connectivity index (χ3n) is 5.79. The predicted octanol–water partition coefficient (Wildman–Crippen LogP) is 1.74. The van der Waals surface area contributed by atoms with E-state index in [4.69, 9.17) is 14.7 Å². The van der Waals surface area contributed by atoms with Crippen molar-refractivity contribution >= 4 is 45.8 Å². The van der Waals surface area contributed by atoms with Crippen molar-refractivity contribution in [2.75, 3.05) is 63.3 Å². The number of thioether (sulfide) groups is 1. The van der Waals surface area contributed by atoms with Crippen molar-refractivity contribution in [3.8, 4) is 0 Å². The van der Waals surface area contributed by atoms with Gasteiger partial charge in [0, 0.05) is 75.2 Å². The topological polar surface area (TPSA) is 108 Å². The lowest BCUT2D eigenvalue weighted by Crippen LogP contribution is -2.62. The van der Waals surface area contributed by atoms with E-state index in [1.54, 1.807) is 17.2 Å². The highest BCUT2D eigenvalue weighted by Gasteiger charge is 2.54. The highest BCUT2D eigenvalue weighted by molar-refractivity contribution is 7.99. The van der Waals surface area contributed by atoms with Crippen LogP contribution in [0.2, 0.25) is 0 Å². The van der Waals surface area contributed by atoms with Crippen LogP contribution >= 0.6 is 24.2 Å². The van der Waals surface area contributed by atoms with Crippen LogP contribution in [0.1, 0.15) is 19.8 Å². The lowest BCUT2D eigenvalue weighted by Gasteiger charge is -2.42. The molecule has 1 aromatic carbocycles. The molecule has 1 amide bonds. The number of nitrogens with one attached hydrogen (secondary N) is 1. The Hall–Kier alpha value is -1.08. The zero-order valence-corrected chi connectivity index (χ0v) is 20.6. The minimum Gasteiger partial charge on any atom is -0.381 e. The van der Waals surface area contributed by atoms with Crippen LogP contribution in [0, 0.1) is 0 Å². The maximum atomic E-state index is 13.4. The summed E-state index contributed by atoms with van der Waals surface area (Å²) in [6.45, 7) is 5.40. The molecule has 2 N–H and O–H groups in total. The monoisotopic (exact) mass is 509 g/mol. The van der Waals surface area contributed by atoms with E-state index in [0.717, 1.165) is 24.7 Å². The second-order valence-corrected chi connectivity index (χ2v) is 10.9. The van der Waals surface area contributed by atoms with Gasteiger partial charge in [-0.15, -0.1) is 24.2 Å². The van der Waals surface area contributed by atoms with E-state index in [9.17, 15) is 13.2 Å². The standard InChI is InChI=1S/C20H31N3O6S2.ClH/c1-2-28-15-16-30-18-5-3-17(4-6-18)22-9-11-23(12-10-22)31(26,27)20(19(24)21-25)7-13-29-14-8-20;/h3-6,25H,2,7-16H2,1H3,(H,21,24);1H. The van der Waals surface area contributed by atoms with E-state index in [-0.39, 0.29) is 51.6 Å². The van der Waals surface area contributed by atoms with Gasteiger partial charge in [0.15, 0.2) is 4.75 Å². The molecule has 32 heavy (non-hydrogen) atoms. The van der Waals surface area contributed by atoms with E-state index in [1.165, 1.54) is 9.20 Å². The summed E-state index contributed by atoms with van der Waals surface area (Å²) in [4.78, 5) is 15.7. The Morgan fingerprint density at radius 3 is 2.38 bits per heavy atom. The van der Waals surface area contributed by atoms with Crippen LogP contribution in [0.15, 0.2) is 29.2 Å². The van der Waals surface area contributed by atoms with Crippen LogP contribution in [0.5, 0.6) is 0 Å². The molecule has 0 unspecified atom stereocenters. The van der Waals surface area contributed by atoms with Gasteiger partial charge in [0.2, 0.25) is 10.0 Å². The van der Waals surface area contributed by atoms with E-state index in [2.05, 4.69) is 17.0 Å². The molecule has 0 saturated carbocycles. The largest absolute Gasteiger partial charge is 0.381 e. The number of sulfonamides is 1. The summed E-state index contributed by atoms with van der Waals surface area (Å²) in [5.41, 5.74) is 2.60. The molecular formula is C20H32ClN3O6S2. The second kappa shape index (κ2) is 12.4. The summed E-state index contributed by atoms with van der Waals surface area (Å²) >= 11 is 1.74. The molecule has 182 valence electrons. The molecule has 0 aliphatic carbocycles. The Morgan fingerprint density at radius 1 is 1.19 bits per heavy atom. The molecule has 2 fully saturated rings. The van der Waals surface area contributed by atoms with Crippen molar-refractivity contribution in [2.24, 2.45) is 0 Å². The summed E-state index contributed by atoms with van der Waals surface area (Å²) in [6, 6.07) is 8.23. The fourth-order valence-electron chi connectivity index (χ4n) is 3.95. The predicted molar refractivity (Wildman–Crippen MR) is 126 cm³/mol. The number of nitrogens with zero attached hydrogens (tertiary/aromatic N) is 2. The van der Waals surface area contributed by atoms with E-state index < -0.39 is 20.7 Å². The highest BCUT2D eigenvalue weighted by Crippen LogP contribution is 2.34. The number of hydrogen-bond donors (Lipinski definition) is 2. The first-order valence-corrected chi connectivity index (χ1v) is 12.9. The smallest absolute Gasteiger partial charge is 0.266 e. The highest BCUT2D eigenvalue weighted by atomic mass is 35.5. The molecule has 2 aliphatic rings. The van der Waals surface area contributed by atoms with E-state index in [1.807, 2.05) is 19.1 Å². The molecule has 2 aliphatic heterocycles. The van der Waals surface area contributed by atoms with Gasteiger partial charge in [-0.05, 0) is 31.2 Å². The van der Waals surface area contributed by atoms with Gasteiger partial charge in [-0.2, -0.15) is 4.31 Å². The number of hydrogen-bond acceptors (Lipinski definition) is 8. The Labute approximate surface area is 200 Å². The number of rotatable bonds is 9. The number of piperazine rings is 1. The van der Waals surface area contributed by atoms with Crippen molar-refractivity contribution in [1.29, 1.82) is 0 Å². The summed E-state index contributed by atoms with van der Waals surface area (Å²) in [5.74, 6) is 0.0217. The molecule has 0 atom stereocenters. The van der Waals surface area contributed by atoms with Crippen LogP contribution in [-0.2, 0) is 24.3 Å². The first-order chi connectivity index (χ1) is 14.9. The number of ether oxygens (including phenoxy) is 2. The van der Waals surface area contributed by atoms with Gasteiger partial charge >= 0.3 is 0 Å². The molecule has 1 aromatic rings. The lowest BCUT2D eigenvalue weighted by atomic mass is 9.98. The van der Waals surface area contributed by atoms with Crippen molar-refractivity contribution in [2.45, 2.75) is 29.4 Å². The molecule has 9 nitrogen and oxygen atoms in total. The van der Waals surface area contributed by atoms with Gasteiger partial charge in [-0.3, -0.25) is 10.0 Å². The number of amides is 1. The zero-order chi connectivity index (χ0) is 22.3. The molecule has 12 heteroatoms. The average molecular weight is 510 g/mol. The van der Waals surface area contributed by atoms with Gasteiger partial charge in [0.25, 0.3) is 5.91 Å². The third kappa shape index (κ3) is 5.88. The number of anilines is 1. The van der Waals surface area contributed by atoms with Gasteiger partial charge < -0.3 is 14.4 Å². The maximum Gasteiger partial charge on any atom is 0.266 e. The first-order valence-electron chi connectivity index (χ1n) is 10.5. The minimum atomic E-state index is -3.95. The molecule has 0 radical (unpaired) electrons. The molecule has 0 aromatic heterocycles. The third-order valence-corrected chi connectivity index (χ3v) is 9.39. The van der Waals surface area contributed by atoms with Crippen LogP contribution in [0.4, 0.5) is 5.69 Å². The van der Waals surface area contributed by atoms with Crippen molar-refractivity contribution < 1.29 is 27.9 Å². The van der Waals surface area contributed by atoms with E-state index >= 15 is 0 Å². The Bertz CT molecular complexity index is 826. The van der Waals surface area contributed by atoms with Crippen molar-refractivity contribution in [1.82, 2.24) is 9.79 Å². The van der Waals surface area contributed by atoms with Gasteiger partial charge in [-0.25, -0.2) is 13.9 Å². The van der Waals surface area contributed by atoms with Gasteiger partial charge in [0.05, 0.1) is 6.61 Å². The molecule has 0 bridgehead atoms. The number of carbonyl (C=O) groups excluding carboxylic acids is 1. The SMILES string of the molecule is CCOCCSc1ccc(N2CCN(S(=O)(=O)C3(C(=O)NO)CCOCC3)CC2)cc1.Cl. The molecule has 0 spiro atoms. The van der Waals surface area contributed by atoms with Crippen LogP contribution in [-0.4, -0.2) is 86.9 Å². The zero-order valence-electron chi connectivity index (χ0n) is 18.2. The second-order valence-electron chi connectivity index (χ2n) is 7.48. The van der Waals surface area contributed by atoms with Gasteiger partial charge in [-0.1, -0.05) is 0 Å². The number of halogens is 1. The molecular weight excluding hydrogens is 478 g/mol. The Balaban J connectivity index is 0.00000363. The number of benzene rings is 1. The molecule has 2 saturated heterocycles. The number of hydroxylamine groups is 1. The summed E-state index contributed by atoms with van der Waals surface area (Å²) in [5, 5.41) is 9.17. The van der Waals surface area contributed by atoms with Crippen molar-refractivity contribution in [3.63, 3.8) is 0 Å². The summed E-state index contributed by atoms with van der Waals surface area (Å²) < 4.78 is 37.0. The minimum absolute atomic E-state index is 0. The van der Waals surface area contributed by atoms with E-state index in [0.29, 0.717) is 13.1 Å². The van der Waals surface area contributed by atoms with Crippen LogP contribution in [0.25, 0.3) is 0 Å². The summed E-state index contributed by atoms with van der Waals surface area (Å²) in [7, 11) is -3.95. The maximum absolute atomic E-state index is 13.4. The fraction of sp³-hybridized carbons (Fsp3) is 0.650. The quantitative estimate of drug-likeness (QED) is 0.224. The summed E-state index contributed by atoms with van der Waals surface area (Å²) in [6.07, 6.45) is 0.0642. The van der Waals surface area contributed by atoms with Gasteiger partial charge in [0.1, 0.15) is 0 Å². The Morgan fingerprint density at radius 2 is 1.81 bits per heavy atom. The lowest BCUT2D eigenvalue weighted by molar-refractivity contribution is -0.134. The first kappa shape index (κ1) is 27.2. The fourth-order valence-corrected chi connectivity index (χ4v) is 6.82. The van der Waals surface area contributed by atoms with Crippen molar-refractivity contribution in [3.05, 3.63) is 24.3 Å². The normalized spacial score (nSPS) is 19.2. The average Bonchev–Trinajstić information content (AvgIpc) is 2.82.